The minimum Gasteiger partial charge on any atom is -0.454 e. The molecule has 0 unspecified atom stereocenters. The molecule has 1 aromatic rings. The smallest absolute Gasteiger partial charge is 0.231 e. The van der Waals surface area contributed by atoms with Gasteiger partial charge in [0.05, 0.1) is 9.64 Å². The maximum absolute atomic E-state index is 12.4. The highest BCUT2D eigenvalue weighted by Crippen LogP contribution is 2.47. The number of nitrogens with two attached hydrogens (primary N) is 1. The Kier molecular flexibility index (Phi) is 2.15. The molecule has 6 heteroatoms. The van der Waals surface area contributed by atoms with E-state index in [1.807, 2.05) is 0 Å². The van der Waals surface area contributed by atoms with Crippen molar-refractivity contribution in [2.24, 2.45) is 5.73 Å². The number of benzene rings is 1. The van der Waals surface area contributed by atoms with Crippen molar-refractivity contribution in [3.05, 3.63) is 18.2 Å². The van der Waals surface area contributed by atoms with Crippen LogP contribution in [0.3, 0.4) is 0 Å². The molecule has 1 fully saturated rings. The van der Waals surface area contributed by atoms with Crippen molar-refractivity contribution in [2.45, 2.75) is 22.5 Å². The number of hydrogen-bond donors (Lipinski definition) is 1. The molecule has 3 rings (SSSR count). The number of rotatable bonds is 3. The van der Waals surface area contributed by atoms with E-state index in [0.29, 0.717) is 24.3 Å². The monoisotopic (exact) mass is 255 g/mol. The Morgan fingerprint density at radius 3 is 2.59 bits per heavy atom. The fraction of sp³-hybridized carbons (Fsp3) is 0.455. The summed E-state index contributed by atoms with van der Waals surface area (Å²) in [6.45, 7) is 0.310. The molecule has 17 heavy (non-hydrogen) atoms. The molecule has 2 N–H and O–H groups in total. The zero-order valence-electron chi connectivity index (χ0n) is 9.18. The van der Waals surface area contributed by atoms with Crippen molar-refractivity contribution in [1.82, 2.24) is 0 Å². The fourth-order valence-electron chi connectivity index (χ4n) is 2.02. The van der Waals surface area contributed by atoms with Gasteiger partial charge >= 0.3 is 0 Å². The summed E-state index contributed by atoms with van der Waals surface area (Å²) in [7, 11) is -3.36. The molecular formula is C11H13NO4S. The zero-order valence-corrected chi connectivity index (χ0v) is 10.00. The highest BCUT2D eigenvalue weighted by Gasteiger charge is 2.54. The molecule has 2 aliphatic rings. The first-order valence-electron chi connectivity index (χ1n) is 5.43. The Hall–Kier alpha value is -1.27. The highest BCUT2D eigenvalue weighted by molar-refractivity contribution is 7.93. The summed E-state index contributed by atoms with van der Waals surface area (Å²) < 4.78 is 34.3. The highest BCUT2D eigenvalue weighted by atomic mass is 32.2. The van der Waals surface area contributed by atoms with E-state index in [1.54, 1.807) is 12.1 Å². The van der Waals surface area contributed by atoms with Crippen LogP contribution in [0.2, 0.25) is 0 Å². The Bertz CT molecular complexity index is 563. The Morgan fingerprint density at radius 2 is 1.94 bits per heavy atom. The molecule has 0 bridgehead atoms. The number of sulfone groups is 1. The summed E-state index contributed by atoms with van der Waals surface area (Å²) >= 11 is 0. The van der Waals surface area contributed by atoms with Crippen LogP contribution in [-0.2, 0) is 9.84 Å². The van der Waals surface area contributed by atoms with E-state index in [2.05, 4.69) is 0 Å². The molecule has 0 saturated heterocycles. The van der Waals surface area contributed by atoms with Crippen molar-refractivity contribution >= 4 is 9.84 Å². The first-order chi connectivity index (χ1) is 8.09. The van der Waals surface area contributed by atoms with E-state index in [1.165, 1.54) is 6.07 Å². The summed E-state index contributed by atoms with van der Waals surface area (Å²) in [4.78, 5) is 0.268. The Morgan fingerprint density at radius 1 is 1.24 bits per heavy atom. The van der Waals surface area contributed by atoms with E-state index in [-0.39, 0.29) is 18.2 Å². The molecule has 1 aliphatic heterocycles. The van der Waals surface area contributed by atoms with Crippen LogP contribution < -0.4 is 15.2 Å². The minimum atomic E-state index is -3.36. The average molecular weight is 255 g/mol. The fourth-order valence-corrected chi connectivity index (χ4v) is 3.88. The molecule has 92 valence electrons. The zero-order chi connectivity index (χ0) is 12.1. The van der Waals surface area contributed by atoms with Gasteiger partial charge in [0.1, 0.15) is 0 Å². The quantitative estimate of drug-likeness (QED) is 0.859. The normalized spacial score (nSPS) is 20.3. The van der Waals surface area contributed by atoms with Gasteiger partial charge in [0.2, 0.25) is 6.79 Å². The molecule has 1 aliphatic carbocycles. The van der Waals surface area contributed by atoms with Gasteiger partial charge in [-0.1, -0.05) is 0 Å². The number of ether oxygens (including phenoxy) is 2. The molecule has 5 nitrogen and oxygen atoms in total. The summed E-state index contributed by atoms with van der Waals surface area (Å²) in [6.07, 6.45) is 1.28. The third-order valence-electron chi connectivity index (χ3n) is 3.40. The molecule has 0 atom stereocenters. The largest absolute Gasteiger partial charge is 0.454 e. The third-order valence-corrected chi connectivity index (χ3v) is 5.99. The Labute approximate surface area is 99.4 Å². The molecule has 1 heterocycles. The second-order valence-electron chi connectivity index (χ2n) is 4.41. The van der Waals surface area contributed by atoms with Crippen LogP contribution in [0, 0.1) is 0 Å². The van der Waals surface area contributed by atoms with Crippen molar-refractivity contribution in [3.63, 3.8) is 0 Å². The van der Waals surface area contributed by atoms with Crippen molar-refractivity contribution < 1.29 is 17.9 Å². The molecular weight excluding hydrogens is 242 g/mol. The lowest BCUT2D eigenvalue weighted by atomic mass is 10.3. The lowest BCUT2D eigenvalue weighted by Gasteiger charge is -2.14. The summed E-state index contributed by atoms with van der Waals surface area (Å²) in [5, 5.41) is 0. The van der Waals surface area contributed by atoms with Gasteiger partial charge < -0.3 is 15.2 Å². The predicted molar refractivity (Wildman–Crippen MR) is 60.8 cm³/mol. The maximum Gasteiger partial charge on any atom is 0.231 e. The predicted octanol–water partition coefficient (Wildman–Crippen LogP) is 0.680. The van der Waals surface area contributed by atoms with Crippen molar-refractivity contribution in [1.29, 1.82) is 0 Å². The van der Waals surface area contributed by atoms with Crippen LogP contribution in [0.25, 0.3) is 0 Å². The van der Waals surface area contributed by atoms with Crippen LogP contribution in [-0.4, -0.2) is 26.5 Å². The summed E-state index contributed by atoms with van der Waals surface area (Å²) in [5.74, 6) is 1.07. The second kappa shape index (κ2) is 3.36. The van der Waals surface area contributed by atoms with Gasteiger partial charge in [-0.2, -0.15) is 0 Å². The van der Waals surface area contributed by atoms with E-state index in [0.717, 1.165) is 0 Å². The SMILES string of the molecule is NCC1(S(=O)(=O)c2ccc3c(c2)OCO3)CC1. The first kappa shape index (κ1) is 10.9. The van der Waals surface area contributed by atoms with E-state index >= 15 is 0 Å². The average Bonchev–Trinajstić information content (AvgIpc) is 3.00. The van der Waals surface area contributed by atoms with Gasteiger partial charge in [-0.05, 0) is 25.0 Å². The van der Waals surface area contributed by atoms with Crippen LogP contribution in [0.15, 0.2) is 23.1 Å². The molecule has 0 amide bonds. The standard InChI is InChI=1S/C11H13NO4S/c12-6-11(3-4-11)17(13,14)8-1-2-9-10(5-8)16-7-15-9/h1-2,5H,3-4,6-7,12H2. The van der Waals surface area contributed by atoms with Crippen LogP contribution in [0.1, 0.15) is 12.8 Å². The van der Waals surface area contributed by atoms with Crippen molar-refractivity contribution in [2.75, 3.05) is 13.3 Å². The maximum atomic E-state index is 12.4. The third kappa shape index (κ3) is 1.44. The Balaban J connectivity index is 2.05. The second-order valence-corrected chi connectivity index (χ2v) is 6.75. The summed E-state index contributed by atoms with van der Waals surface area (Å²) in [6, 6.07) is 4.70. The van der Waals surface area contributed by atoms with Gasteiger partial charge in [0.25, 0.3) is 0 Å². The molecule has 0 aromatic heterocycles. The molecule has 1 saturated carbocycles. The van der Waals surface area contributed by atoms with Crippen molar-refractivity contribution in [3.8, 4) is 11.5 Å². The lowest BCUT2D eigenvalue weighted by Crippen LogP contribution is -2.31. The van der Waals surface area contributed by atoms with Gasteiger partial charge in [-0.25, -0.2) is 8.42 Å². The van der Waals surface area contributed by atoms with Gasteiger partial charge in [0.15, 0.2) is 21.3 Å². The number of fused-ring (bicyclic) bond motifs is 1. The van der Waals surface area contributed by atoms with E-state index in [4.69, 9.17) is 15.2 Å². The molecule has 0 radical (unpaired) electrons. The molecule has 0 spiro atoms. The minimum absolute atomic E-state index is 0.140. The van der Waals surface area contributed by atoms with Gasteiger partial charge in [-0.15, -0.1) is 0 Å². The van der Waals surface area contributed by atoms with E-state index in [9.17, 15) is 8.42 Å². The molecule has 1 aromatic carbocycles. The first-order valence-corrected chi connectivity index (χ1v) is 6.92. The van der Waals surface area contributed by atoms with Crippen LogP contribution in [0.4, 0.5) is 0 Å². The summed E-state index contributed by atoms with van der Waals surface area (Å²) in [5.41, 5.74) is 5.57. The van der Waals surface area contributed by atoms with E-state index < -0.39 is 14.6 Å². The number of hydrogen-bond acceptors (Lipinski definition) is 5. The van der Waals surface area contributed by atoms with Crippen LogP contribution in [0.5, 0.6) is 11.5 Å². The van der Waals surface area contributed by atoms with Gasteiger partial charge in [-0.3, -0.25) is 0 Å². The van der Waals surface area contributed by atoms with Gasteiger partial charge in [0, 0.05) is 12.6 Å². The lowest BCUT2D eigenvalue weighted by molar-refractivity contribution is 0.174. The van der Waals surface area contributed by atoms with Crippen LogP contribution >= 0.6 is 0 Å². The topological polar surface area (TPSA) is 78.6 Å².